The van der Waals surface area contributed by atoms with Crippen molar-refractivity contribution in [3.63, 3.8) is 0 Å². The van der Waals surface area contributed by atoms with Crippen molar-refractivity contribution in [1.29, 1.82) is 0 Å². The van der Waals surface area contributed by atoms with Crippen molar-refractivity contribution in [2.75, 3.05) is 33.0 Å². The number of hydrogen-bond donors (Lipinski definition) is 3. The molecule has 2 amide bonds. The minimum atomic E-state index is -3.95. The molecule has 1 unspecified atom stereocenters. The first-order valence-corrected chi connectivity index (χ1v) is 14.0. The van der Waals surface area contributed by atoms with E-state index in [-0.39, 0.29) is 61.1 Å². The molecule has 0 saturated carbocycles. The number of rotatable bonds is 14. The highest BCUT2D eigenvalue weighted by Gasteiger charge is 2.30. The summed E-state index contributed by atoms with van der Waals surface area (Å²) in [4.78, 5) is 22.6. The molecular weight excluding hydrogens is 530 g/mol. The van der Waals surface area contributed by atoms with Gasteiger partial charge in [0.05, 0.1) is 17.5 Å². The third-order valence-electron chi connectivity index (χ3n) is 5.94. The summed E-state index contributed by atoms with van der Waals surface area (Å²) in [6.45, 7) is 6.03. The second-order valence-electron chi connectivity index (χ2n) is 9.52. The Bertz CT molecular complexity index is 1240. The Balaban J connectivity index is 1.71. The molecule has 0 bridgehead atoms. The molecule has 0 spiro atoms. The first-order chi connectivity index (χ1) is 18.5. The largest absolute Gasteiger partial charge is 0.492 e. The van der Waals surface area contributed by atoms with Gasteiger partial charge < -0.3 is 24.6 Å². The Morgan fingerprint density at radius 2 is 1.79 bits per heavy atom. The van der Waals surface area contributed by atoms with Crippen molar-refractivity contribution in [2.24, 2.45) is 5.92 Å². The molecule has 39 heavy (non-hydrogen) atoms. The fourth-order valence-electron chi connectivity index (χ4n) is 4.05. The van der Waals surface area contributed by atoms with Crippen molar-refractivity contribution in [3.05, 3.63) is 48.0 Å². The molecule has 13 heteroatoms. The number of benzene rings is 2. The highest BCUT2D eigenvalue weighted by molar-refractivity contribution is 7.89. The molecule has 1 atom stereocenters. The number of fused-ring (bicyclic) bond motifs is 1. The van der Waals surface area contributed by atoms with E-state index in [1.54, 1.807) is 30.3 Å². The topological polar surface area (TPSA) is 155 Å². The number of ether oxygens (including phenoxy) is 3. The lowest BCUT2D eigenvalue weighted by Gasteiger charge is -2.28. The van der Waals surface area contributed by atoms with Gasteiger partial charge in [-0.05, 0) is 48.6 Å². The van der Waals surface area contributed by atoms with Crippen LogP contribution in [0.4, 0.5) is 4.79 Å². The maximum absolute atomic E-state index is 13.5. The molecule has 0 fully saturated rings. The smallest absolute Gasteiger partial charge is 0.431 e. The van der Waals surface area contributed by atoms with Gasteiger partial charge in [0.15, 0.2) is 11.5 Å². The summed E-state index contributed by atoms with van der Waals surface area (Å²) >= 11 is 0. The maximum Gasteiger partial charge on any atom is 0.431 e. The lowest BCUT2D eigenvalue weighted by atomic mass is 10.0. The zero-order valence-electron chi connectivity index (χ0n) is 22.2. The van der Waals surface area contributed by atoms with Crippen molar-refractivity contribution < 1.29 is 42.5 Å². The first kappa shape index (κ1) is 30.0. The number of nitrogens with zero attached hydrogens (tertiary/aromatic N) is 2. The van der Waals surface area contributed by atoms with Gasteiger partial charge in [-0.1, -0.05) is 26.0 Å². The Morgan fingerprint density at radius 3 is 2.44 bits per heavy atom. The normalized spacial score (nSPS) is 13.4. The number of carboxylic acid groups (broad SMARTS) is 1. The number of sulfonamides is 1. The Morgan fingerprint density at radius 1 is 1.10 bits per heavy atom. The monoisotopic (exact) mass is 565 g/mol. The summed E-state index contributed by atoms with van der Waals surface area (Å²) in [5.74, 6) is 1.22. The van der Waals surface area contributed by atoms with Crippen molar-refractivity contribution in [2.45, 2.75) is 44.6 Å². The molecule has 0 radical (unpaired) electrons. The predicted molar refractivity (Wildman–Crippen MR) is 141 cm³/mol. The van der Waals surface area contributed by atoms with Gasteiger partial charge in [-0.2, -0.15) is 9.37 Å². The molecular formula is C26H35N3O9S. The van der Waals surface area contributed by atoms with Gasteiger partial charge in [-0.3, -0.25) is 10.0 Å². The van der Waals surface area contributed by atoms with E-state index in [4.69, 9.17) is 14.2 Å². The van der Waals surface area contributed by atoms with E-state index in [9.17, 15) is 28.3 Å². The average Bonchev–Trinajstić information content (AvgIpc) is 3.36. The molecule has 1 aliphatic heterocycles. The Hall–Kier alpha value is -3.55. The van der Waals surface area contributed by atoms with E-state index in [0.29, 0.717) is 23.8 Å². The SMILES string of the molecule is CC(=O)NCCOc1ccc(CC(CCN(CC(C)C)S(=O)(=O)c2ccc3c(c2)OCO3)N(O)C(=O)O)cc1. The van der Waals surface area contributed by atoms with Gasteiger partial charge in [-0.25, -0.2) is 13.2 Å². The minimum Gasteiger partial charge on any atom is -0.492 e. The minimum absolute atomic E-state index is 0.00451. The van der Waals surface area contributed by atoms with Crippen LogP contribution in [0.5, 0.6) is 17.2 Å². The fourth-order valence-corrected chi connectivity index (χ4v) is 5.69. The van der Waals surface area contributed by atoms with Gasteiger partial charge in [0.25, 0.3) is 0 Å². The van der Waals surface area contributed by atoms with E-state index in [1.165, 1.54) is 23.4 Å². The van der Waals surface area contributed by atoms with Crippen LogP contribution in [0.1, 0.15) is 32.8 Å². The van der Waals surface area contributed by atoms with Gasteiger partial charge in [0, 0.05) is 26.1 Å². The van der Waals surface area contributed by atoms with Gasteiger partial charge in [-0.15, -0.1) is 0 Å². The van der Waals surface area contributed by atoms with Gasteiger partial charge in [0.2, 0.25) is 22.7 Å². The van der Waals surface area contributed by atoms with E-state index in [1.807, 2.05) is 13.8 Å². The van der Waals surface area contributed by atoms with Crippen molar-refractivity contribution in [3.8, 4) is 17.2 Å². The summed E-state index contributed by atoms with van der Waals surface area (Å²) in [6, 6.07) is 10.4. The summed E-state index contributed by atoms with van der Waals surface area (Å²) in [7, 11) is -3.95. The number of nitrogens with one attached hydrogen (secondary N) is 1. The molecule has 0 saturated heterocycles. The molecule has 1 aliphatic rings. The highest BCUT2D eigenvalue weighted by Crippen LogP contribution is 2.35. The lowest BCUT2D eigenvalue weighted by Crippen LogP contribution is -2.42. The molecule has 3 N–H and O–H groups in total. The third-order valence-corrected chi connectivity index (χ3v) is 7.80. The van der Waals surface area contributed by atoms with Gasteiger partial charge in [0.1, 0.15) is 12.4 Å². The second kappa shape index (κ2) is 13.5. The van der Waals surface area contributed by atoms with Crippen LogP contribution in [0, 0.1) is 5.92 Å². The number of carbonyl (C=O) groups excluding carboxylic acids is 1. The zero-order chi connectivity index (χ0) is 28.6. The summed E-state index contributed by atoms with van der Waals surface area (Å²) in [5.41, 5.74) is 0.726. The van der Waals surface area contributed by atoms with E-state index in [0.717, 1.165) is 5.56 Å². The Labute approximate surface area is 228 Å². The van der Waals surface area contributed by atoms with Crippen molar-refractivity contribution in [1.82, 2.24) is 14.7 Å². The van der Waals surface area contributed by atoms with Crippen LogP contribution >= 0.6 is 0 Å². The number of hydroxylamine groups is 2. The average molecular weight is 566 g/mol. The zero-order valence-corrected chi connectivity index (χ0v) is 23.0. The van der Waals surface area contributed by atoms with Crippen LogP contribution in [-0.4, -0.2) is 79.2 Å². The second-order valence-corrected chi connectivity index (χ2v) is 11.5. The van der Waals surface area contributed by atoms with Crippen LogP contribution in [-0.2, 0) is 21.2 Å². The molecule has 0 aliphatic carbocycles. The summed E-state index contributed by atoms with van der Waals surface area (Å²) < 4.78 is 44.5. The molecule has 2 aromatic rings. The van der Waals surface area contributed by atoms with E-state index >= 15 is 0 Å². The standard InChI is InChI=1S/C26H35N3O9S/c1-18(2)16-28(39(34,35)23-8-9-24-25(15-23)38-17-37-24)12-10-21(29(33)26(31)32)14-20-4-6-22(7-5-20)36-13-11-27-19(3)30/h4-9,15,18,21,33H,10-14,16-17H2,1-3H3,(H,27,30)(H,31,32). The van der Waals surface area contributed by atoms with Crippen LogP contribution in [0.25, 0.3) is 0 Å². The molecule has 12 nitrogen and oxygen atoms in total. The van der Waals surface area contributed by atoms with Crippen LogP contribution in [0.3, 0.4) is 0 Å². The first-order valence-electron chi connectivity index (χ1n) is 12.5. The third kappa shape index (κ3) is 8.47. The fraction of sp³-hybridized carbons (Fsp3) is 0.462. The Kier molecular flexibility index (Phi) is 10.4. The predicted octanol–water partition coefficient (Wildman–Crippen LogP) is 2.95. The molecule has 2 aromatic carbocycles. The number of amides is 2. The van der Waals surface area contributed by atoms with E-state index in [2.05, 4.69) is 5.32 Å². The summed E-state index contributed by atoms with van der Waals surface area (Å²) in [5, 5.41) is 22.6. The van der Waals surface area contributed by atoms with Crippen LogP contribution < -0.4 is 19.5 Å². The molecule has 0 aromatic heterocycles. The van der Waals surface area contributed by atoms with Crippen molar-refractivity contribution >= 4 is 22.0 Å². The summed E-state index contributed by atoms with van der Waals surface area (Å²) in [6.07, 6.45) is -1.34. The van der Waals surface area contributed by atoms with Crippen LogP contribution in [0.2, 0.25) is 0 Å². The molecule has 3 rings (SSSR count). The van der Waals surface area contributed by atoms with Crippen LogP contribution in [0.15, 0.2) is 47.4 Å². The maximum atomic E-state index is 13.5. The number of carbonyl (C=O) groups is 2. The quantitative estimate of drug-likeness (QED) is 0.178. The van der Waals surface area contributed by atoms with E-state index < -0.39 is 22.2 Å². The lowest BCUT2D eigenvalue weighted by molar-refractivity contribution is -0.119. The van der Waals surface area contributed by atoms with Gasteiger partial charge >= 0.3 is 6.09 Å². The number of hydrogen-bond acceptors (Lipinski definition) is 8. The molecule has 1 heterocycles. The highest BCUT2D eigenvalue weighted by atomic mass is 32.2. The molecule has 214 valence electrons.